The quantitative estimate of drug-likeness (QED) is 0.531. The highest BCUT2D eigenvalue weighted by Gasteiger charge is 2.02. The molecule has 0 spiro atoms. The topological polar surface area (TPSA) is 12.9 Å². The third-order valence-electron chi connectivity index (χ3n) is 2.50. The molecule has 86 valence electrons. The summed E-state index contributed by atoms with van der Waals surface area (Å²) in [6.45, 7) is 2.25. The van der Waals surface area contributed by atoms with E-state index in [1.54, 1.807) is 0 Å². The minimum atomic E-state index is 1.14. The number of thioether (sulfide) groups is 1. The first-order chi connectivity index (χ1) is 7.90. The molecular formula is C13H17NS2. The molecule has 1 nitrogen and oxygen atoms in total. The molecule has 1 aromatic heterocycles. The van der Waals surface area contributed by atoms with Crippen molar-refractivity contribution in [1.82, 2.24) is 4.98 Å². The van der Waals surface area contributed by atoms with Crippen LogP contribution >= 0.6 is 23.1 Å². The van der Waals surface area contributed by atoms with E-state index in [2.05, 4.69) is 36.2 Å². The van der Waals surface area contributed by atoms with Crippen LogP contribution in [0, 0.1) is 0 Å². The van der Waals surface area contributed by atoms with Gasteiger partial charge in [0.1, 0.15) is 0 Å². The zero-order valence-corrected chi connectivity index (χ0v) is 11.2. The number of unbranched alkanes of at least 4 members (excludes halogenated alkanes) is 3. The molecule has 2 rings (SSSR count). The van der Waals surface area contributed by atoms with Crippen LogP contribution in [0.2, 0.25) is 0 Å². The van der Waals surface area contributed by atoms with Gasteiger partial charge in [0.25, 0.3) is 0 Å². The monoisotopic (exact) mass is 251 g/mol. The van der Waals surface area contributed by atoms with Gasteiger partial charge in [0.15, 0.2) is 4.34 Å². The Morgan fingerprint density at radius 3 is 2.88 bits per heavy atom. The summed E-state index contributed by atoms with van der Waals surface area (Å²) in [6.07, 6.45) is 5.34. The van der Waals surface area contributed by atoms with Crippen molar-refractivity contribution < 1.29 is 0 Å². The third kappa shape index (κ3) is 3.22. The standard InChI is InChI=1S/C13H17NS2/c1-2-3-4-7-10-15-13-14-11-8-5-6-9-12(11)16-13/h5-6,8-9H,2-4,7,10H2,1H3. The van der Waals surface area contributed by atoms with E-state index < -0.39 is 0 Å². The van der Waals surface area contributed by atoms with E-state index in [9.17, 15) is 0 Å². The van der Waals surface area contributed by atoms with Gasteiger partial charge in [-0.1, -0.05) is 50.1 Å². The van der Waals surface area contributed by atoms with Crippen molar-refractivity contribution in [3.05, 3.63) is 24.3 Å². The Bertz CT molecular complexity index is 403. The van der Waals surface area contributed by atoms with Crippen LogP contribution in [-0.4, -0.2) is 10.7 Å². The van der Waals surface area contributed by atoms with Gasteiger partial charge in [-0.3, -0.25) is 0 Å². The van der Waals surface area contributed by atoms with E-state index in [1.165, 1.54) is 40.5 Å². The predicted molar refractivity (Wildman–Crippen MR) is 74.5 cm³/mol. The SMILES string of the molecule is CCCCCCSc1nc2ccccc2s1. The summed E-state index contributed by atoms with van der Waals surface area (Å²) in [5.41, 5.74) is 1.14. The molecule has 16 heavy (non-hydrogen) atoms. The number of para-hydroxylation sites is 1. The van der Waals surface area contributed by atoms with Gasteiger partial charge in [-0.25, -0.2) is 4.98 Å². The van der Waals surface area contributed by atoms with Crippen molar-refractivity contribution in [2.75, 3.05) is 5.75 Å². The number of hydrogen-bond donors (Lipinski definition) is 0. The van der Waals surface area contributed by atoms with Gasteiger partial charge < -0.3 is 0 Å². The van der Waals surface area contributed by atoms with Gasteiger partial charge in [0.2, 0.25) is 0 Å². The average molecular weight is 251 g/mol. The molecule has 0 atom stereocenters. The Morgan fingerprint density at radius 2 is 2.06 bits per heavy atom. The van der Waals surface area contributed by atoms with E-state index in [0.717, 1.165) is 5.52 Å². The lowest BCUT2D eigenvalue weighted by molar-refractivity contribution is 0.706. The van der Waals surface area contributed by atoms with Gasteiger partial charge in [-0.2, -0.15) is 0 Å². The molecule has 0 unspecified atom stereocenters. The Morgan fingerprint density at radius 1 is 1.19 bits per heavy atom. The van der Waals surface area contributed by atoms with Crippen LogP contribution in [0.5, 0.6) is 0 Å². The van der Waals surface area contributed by atoms with Gasteiger partial charge in [0, 0.05) is 5.75 Å². The Labute approximate surface area is 105 Å². The summed E-state index contributed by atoms with van der Waals surface area (Å²) >= 11 is 3.72. The van der Waals surface area contributed by atoms with Gasteiger partial charge in [-0.15, -0.1) is 11.3 Å². The molecule has 0 N–H and O–H groups in total. The maximum Gasteiger partial charge on any atom is 0.151 e. The Hall–Kier alpha value is -0.540. The number of benzene rings is 1. The average Bonchev–Trinajstić information content (AvgIpc) is 2.71. The molecule has 0 amide bonds. The molecule has 0 fully saturated rings. The minimum absolute atomic E-state index is 1.14. The summed E-state index contributed by atoms with van der Waals surface area (Å²) in [5, 5.41) is 0. The van der Waals surface area contributed by atoms with E-state index in [-0.39, 0.29) is 0 Å². The molecule has 0 aliphatic rings. The zero-order valence-electron chi connectivity index (χ0n) is 9.61. The Kier molecular flexibility index (Phi) is 4.67. The molecule has 0 aliphatic heterocycles. The lowest BCUT2D eigenvalue weighted by Gasteiger charge is -1.96. The van der Waals surface area contributed by atoms with E-state index in [4.69, 9.17) is 0 Å². The van der Waals surface area contributed by atoms with Crippen LogP contribution < -0.4 is 0 Å². The number of thiazole rings is 1. The molecule has 0 radical (unpaired) electrons. The number of hydrogen-bond acceptors (Lipinski definition) is 3. The fourth-order valence-corrected chi connectivity index (χ4v) is 3.74. The third-order valence-corrected chi connectivity index (χ3v) is 4.76. The first-order valence-electron chi connectivity index (χ1n) is 5.88. The van der Waals surface area contributed by atoms with Crippen molar-refractivity contribution in [2.24, 2.45) is 0 Å². The highest BCUT2D eigenvalue weighted by molar-refractivity contribution is 8.01. The number of aromatic nitrogens is 1. The molecule has 1 aromatic carbocycles. The summed E-state index contributed by atoms with van der Waals surface area (Å²) in [6, 6.07) is 8.37. The molecular weight excluding hydrogens is 234 g/mol. The van der Waals surface area contributed by atoms with Crippen LogP contribution in [0.4, 0.5) is 0 Å². The summed E-state index contributed by atoms with van der Waals surface area (Å²) in [4.78, 5) is 4.61. The molecule has 0 bridgehead atoms. The fourth-order valence-electron chi connectivity index (χ4n) is 1.60. The molecule has 0 saturated carbocycles. The van der Waals surface area contributed by atoms with Crippen molar-refractivity contribution >= 4 is 33.3 Å². The lowest BCUT2D eigenvalue weighted by atomic mass is 10.2. The van der Waals surface area contributed by atoms with Crippen molar-refractivity contribution in [3.8, 4) is 0 Å². The van der Waals surface area contributed by atoms with E-state index in [0.29, 0.717) is 0 Å². The van der Waals surface area contributed by atoms with Crippen LogP contribution in [0.1, 0.15) is 32.6 Å². The molecule has 0 aliphatic carbocycles. The van der Waals surface area contributed by atoms with Gasteiger partial charge in [0.05, 0.1) is 10.2 Å². The predicted octanol–water partition coefficient (Wildman–Crippen LogP) is 4.97. The van der Waals surface area contributed by atoms with Crippen molar-refractivity contribution in [2.45, 2.75) is 36.9 Å². The number of fused-ring (bicyclic) bond motifs is 1. The summed E-state index contributed by atoms with van der Waals surface area (Å²) < 4.78 is 2.52. The number of nitrogens with zero attached hydrogens (tertiary/aromatic N) is 1. The van der Waals surface area contributed by atoms with Gasteiger partial charge >= 0.3 is 0 Å². The van der Waals surface area contributed by atoms with Crippen LogP contribution in [0.25, 0.3) is 10.2 Å². The van der Waals surface area contributed by atoms with Crippen LogP contribution in [0.15, 0.2) is 28.6 Å². The van der Waals surface area contributed by atoms with Crippen LogP contribution in [-0.2, 0) is 0 Å². The smallest absolute Gasteiger partial charge is 0.151 e. The molecule has 2 aromatic rings. The fraction of sp³-hybridized carbons (Fsp3) is 0.462. The van der Waals surface area contributed by atoms with Crippen LogP contribution in [0.3, 0.4) is 0 Å². The first kappa shape index (κ1) is 11.9. The first-order valence-corrected chi connectivity index (χ1v) is 7.68. The minimum Gasteiger partial charge on any atom is -0.230 e. The number of rotatable bonds is 6. The maximum absolute atomic E-state index is 4.61. The highest BCUT2D eigenvalue weighted by atomic mass is 32.2. The molecule has 3 heteroatoms. The van der Waals surface area contributed by atoms with E-state index in [1.807, 2.05) is 23.1 Å². The molecule has 0 saturated heterocycles. The highest BCUT2D eigenvalue weighted by Crippen LogP contribution is 2.29. The van der Waals surface area contributed by atoms with Crippen molar-refractivity contribution in [3.63, 3.8) is 0 Å². The summed E-state index contributed by atoms with van der Waals surface area (Å²) in [5.74, 6) is 1.21. The second-order valence-electron chi connectivity index (χ2n) is 3.86. The normalized spacial score (nSPS) is 11.1. The van der Waals surface area contributed by atoms with Gasteiger partial charge in [-0.05, 0) is 18.6 Å². The summed E-state index contributed by atoms with van der Waals surface area (Å²) in [7, 11) is 0. The molecule has 1 heterocycles. The zero-order chi connectivity index (χ0) is 11.2. The second kappa shape index (κ2) is 6.26. The Balaban J connectivity index is 1.85. The lowest BCUT2D eigenvalue weighted by Crippen LogP contribution is -1.80. The second-order valence-corrected chi connectivity index (χ2v) is 6.23. The van der Waals surface area contributed by atoms with Crippen molar-refractivity contribution in [1.29, 1.82) is 0 Å². The maximum atomic E-state index is 4.61. The largest absolute Gasteiger partial charge is 0.230 e. The van der Waals surface area contributed by atoms with E-state index >= 15 is 0 Å².